The summed E-state index contributed by atoms with van der Waals surface area (Å²) in [5.41, 5.74) is 0.608. The van der Waals surface area contributed by atoms with Gasteiger partial charge in [0.1, 0.15) is 5.82 Å². The van der Waals surface area contributed by atoms with Gasteiger partial charge in [-0.2, -0.15) is 0 Å². The summed E-state index contributed by atoms with van der Waals surface area (Å²) in [7, 11) is 7.67. The lowest BCUT2D eigenvalue weighted by Gasteiger charge is -2.26. The fourth-order valence-electron chi connectivity index (χ4n) is 2.13. The quantitative estimate of drug-likeness (QED) is 0.837. The van der Waals surface area contributed by atoms with E-state index in [2.05, 4.69) is 43.1 Å². The van der Waals surface area contributed by atoms with Crippen LogP contribution in [0.3, 0.4) is 0 Å². The standard InChI is InChI=1S/C16H28N4O/c1-12(2)9-14(19(3)4)11-18-15-8-7-13(10-17-15)16(21)20(5)6/h7-8,10,12,14H,9,11H2,1-6H3,(H,17,18)/t14-/m0/s1. The lowest BCUT2D eigenvalue weighted by Crippen LogP contribution is -2.35. The maximum atomic E-state index is 11.8. The van der Waals surface area contributed by atoms with Crippen LogP contribution in [0.5, 0.6) is 0 Å². The van der Waals surface area contributed by atoms with Crippen molar-refractivity contribution >= 4 is 11.7 Å². The minimum Gasteiger partial charge on any atom is -0.369 e. The molecule has 0 saturated heterocycles. The molecule has 1 heterocycles. The van der Waals surface area contributed by atoms with Crippen molar-refractivity contribution < 1.29 is 4.79 Å². The molecule has 118 valence electrons. The molecule has 1 N–H and O–H groups in total. The number of pyridine rings is 1. The molecule has 1 aromatic rings. The van der Waals surface area contributed by atoms with Crippen molar-refractivity contribution in [2.45, 2.75) is 26.3 Å². The summed E-state index contributed by atoms with van der Waals surface area (Å²) in [4.78, 5) is 19.9. The summed E-state index contributed by atoms with van der Waals surface area (Å²) in [6.07, 6.45) is 2.76. The molecule has 1 amide bonds. The van der Waals surface area contributed by atoms with Crippen LogP contribution in [0.25, 0.3) is 0 Å². The first-order valence-corrected chi connectivity index (χ1v) is 7.39. The van der Waals surface area contributed by atoms with Crippen molar-refractivity contribution in [2.75, 3.05) is 40.1 Å². The molecule has 5 nitrogen and oxygen atoms in total. The van der Waals surface area contributed by atoms with Crippen molar-refractivity contribution in [3.63, 3.8) is 0 Å². The third-order valence-corrected chi connectivity index (χ3v) is 3.41. The second-order valence-corrected chi connectivity index (χ2v) is 6.26. The molecule has 1 aromatic heterocycles. The minimum atomic E-state index is -0.0278. The molecule has 1 atom stereocenters. The van der Waals surface area contributed by atoms with E-state index in [1.165, 1.54) is 0 Å². The first kappa shape index (κ1) is 17.4. The third kappa shape index (κ3) is 5.71. The predicted octanol–water partition coefficient (Wildman–Crippen LogP) is 2.17. The Bertz CT molecular complexity index is 440. The Labute approximate surface area is 128 Å². The van der Waals surface area contributed by atoms with E-state index in [9.17, 15) is 4.79 Å². The molecule has 0 saturated carbocycles. The molecule has 21 heavy (non-hydrogen) atoms. The van der Waals surface area contributed by atoms with Crippen LogP contribution in [0.1, 0.15) is 30.6 Å². The Kier molecular flexibility index (Phi) is 6.62. The largest absolute Gasteiger partial charge is 0.369 e. The van der Waals surface area contributed by atoms with Crippen LogP contribution < -0.4 is 5.32 Å². The second-order valence-electron chi connectivity index (χ2n) is 6.26. The van der Waals surface area contributed by atoms with Gasteiger partial charge in [0.05, 0.1) is 5.56 Å². The number of rotatable bonds is 7. The minimum absolute atomic E-state index is 0.0278. The zero-order valence-corrected chi connectivity index (χ0v) is 14.1. The van der Waals surface area contributed by atoms with Gasteiger partial charge in [-0.1, -0.05) is 13.8 Å². The normalized spacial score (nSPS) is 12.6. The van der Waals surface area contributed by atoms with Crippen LogP contribution in [0.15, 0.2) is 18.3 Å². The van der Waals surface area contributed by atoms with E-state index in [0.29, 0.717) is 17.5 Å². The maximum Gasteiger partial charge on any atom is 0.254 e. The lowest BCUT2D eigenvalue weighted by molar-refractivity contribution is 0.0827. The molecule has 0 fully saturated rings. The van der Waals surface area contributed by atoms with Crippen molar-refractivity contribution in [3.8, 4) is 0 Å². The van der Waals surface area contributed by atoms with E-state index in [0.717, 1.165) is 18.8 Å². The van der Waals surface area contributed by atoms with Crippen LogP contribution in [0.4, 0.5) is 5.82 Å². The van der Waals surface area contributed by atoms with Gasteiger partial charge >= 0.3 is 0 Å². The number of hydrogen-bond acceptors (Lipinski definition) is 4. The number of amides is 1. The molecule has 1 rings (SSSR count). The van der Waals surface area contributed by atoms with Gasteiger partial charge in [-0.15, -0.1) is 0 Å². The fourth-order valence-corrected chi connectivity index (χ4v) is 2.13. The Morgan fingerprint density at radius 2 is 1.90 bits per heavy atom. The SMILES string of the molecule is CC(C)C[C@@H](CNc1ccc(C(=O)N(C)C)cn1)N(C)C. The van der Waals surface area contributed by atoms with E-state index < -0.39 is 0 Å². The van der Waals surface area contributed by atoms with Crippen molar-refractivity contribution in [1.29, 1.82) is 0 Å². The Morgan fingerprint density at radius 3 is 2.33 bits per heavy atom. The highest BCUT2D eigenvalue weighted by atomic mass is 16.2. The van der Waals surface area contributed by atoms with Crippen LogP contribution in [-0.2, 0) is 0 Å². The summed E-state index contributed by atoms with van der Waals surface area (Å²) in [6.45, 7) is 5.31. The summed E-state index contributed by atoms with van der Waals surface area (Å²) < 4.78 is 0. The molecule has 0 radical (unpaired) electrons. The van der Waals surface area contributed by atoms with E-state index >= 15 is 0 Å². The molecular weight excluding hydrogens is 264 g/mol. The Morgan fingerprint density at radius 1 is 1.24 bits per heavy atom. The molecule has 0 aromatic carbocycles. The monoisotopic (exact) mass is 292 g/mol. The van der Waals surface area contributed by atoms with Crippen LogP contribution >= 0.6 is 0 Å². The fraction of sp³-hybridized carbons (Fsp3) is 0.625. The third-order valence-electron chi connectivity index (χ3n) is 3.41. The first-order chi connectivity index (χ1) is 9.81. The van der Waals surface area contributed by atoms with Crippen molar-refractivity contribution in [3.05, 3.63) is 23.9 Å². The summed E-state index contributed by atoms with van der Waals surface area (Å²) in [6, 6.07) is 4.14. The number of nitrogens with one attached hydrogen (secondary N) is 1. The van der Waals surface area contributed by atoms with Gasteiger partial charge in [0.2, 0.25) is 0 Å². The van der Waals surface area contributed by atoms with Crippen LogP contribution in [-0.4, -0.2) is 61.5 Å². The summed E-state index contributed by atoms with van der Waals surface area (Å²) in [5, 5.41) is 3.35. The number of likely N-dealkylation sites (N-methyl/N-ethyl adjacent to an activating group) is 1. The van der Waals surface area contributed by atoms with Gasteiger partial charge in [0.25, 0.3) is 5.91 Å². The molecule has 5 heteroatoms. The molecule has 0 spiro atoms. The van der Waals surface area contributed by atoms with Gasteiger partial charge in [-0.3, -0.25) is 4.79 Å². The second kappa shape index (κ2) is 7.98. The highest BCUT2D eigenvalue weighted by Gasteiger charge is 2.13. The van der Waals surface area contributed by atoms with Gasteiger partial charge in [-0.25, -0.2) is 4.98 Å². The van der Waals surface area contributed by atoms with E-state index in [4.69, 9.17) is 0 Å². The van der Waals surface area contributed by atoms with Gasteiger partial charge < -0.3 is 15.1 Å². The predicted molar refractivity (Wildman–Crippen MR) is 87.7 cm³/mol. The molecule has 0 aliphatic heterocycles. The molecular formula is C16H28N4O. The summed E-state index contributed by atoms with van der Waals surface area (Å²) >= 11 is 0. The molecule has 0 aliphatic carbocycles. The van der Waals surface area contributed by atoms with E-state index in [1.807, 2.05) is 12.1 Å². The zero-order chi connectivity index (χ0) is 16.0. The smallest absolute Gasteiger partial charge is 0.254 e. The average molecular weight is 292 g/mol. The highest BCUT2D eigenvalue weighted by Crippen LogP contribution is 2.11. The van der Waals surface area contributed by atoms with Crippen LogP contribution in [0, 0.1) is 5.92 Å². The number of aromatic nitrogens is 1. The molecule has 0 bridgehead atoms. The Balaban J connectivity index is 2.61. The van der Waals surface area contributed by atoms with Gasteiger partial charge in [-0.05, 0) is 38.6 Å². The van der Waals surface area contributed by atoms with Gasteiger partial charge in [0.15, 0.2) is 0 Å². The number of carbonyl (C=O) groups excluding carboxylic acids is 1. The molecule has 0 unspecified atom stereocenters. The highest BCUT2D eigenvalue weighted by molar-refractivity contribution is 5.93. The maximum absolute atomic E-state index is 11.8. The average Bonchev–Trinajstić information content (AvgIpc) is 2.42. The summed E-state index contributed by atoms with van der Waals surface area (Å²) in [5.74, 6) is 1.44. The first-order valence-electron chi connectivity index (χ1n) is 7.39. The Hall–Kier alpha value is -1.62. The number of nitrogens with zero attached hydrogens (tertiary/aromatic N) is 3. The van der Waals surface area contributed by atoms with Crippen LogP contribution in [0.2, 0.25) is 0 Å². The topological polar surface area (TPSA) is 48.5 Å². The number of anilines is 1. The van der Waals surface area contributed by atoms with E-state index in [1.54, 1.807) is 25.2 Å². The number of hydrogen-bond donors (Lipinski definition) is 1. The number of carbonyl (C=O) groups is 1. The van der Waals surface area contributed by atoms with E-state index in [-0.39, 0.29) is 5.91 Å². The molecule has 0 aliphatic rings. The van der Waals surface area contributed by atoms with Gasteiger partial charge in [0, 0.05) is 32.9 Å². The van der Waals surface area contributed by atoms with Crippen molar-refractivity contribution in [2.24, 2.45) is 5.92 Å². The van der Waals surface area contributed by atoms with Crippen molar-refractivity contribution in [1.82, 2.24) is 14.8 Å². The lowest BCUT2D eigenvalue weighted by atomic mass is 10.0. The zero-order valence-electron chi connectivity index (χ0n) is 14.1.